The number of allylic oxidation sites excluding steroid dienone is 1. The van der Waals surface area contributed by atoms with Gasteiger partial charge in [0.25, 0.3) is 11.6 Å². The summed E-state index contributed by atoms with van der Waals surface area (Å²) in [6.45, 7) is 3.03. The van der Waals surface area contributed by atoms with Gasteiger partial charge in [-0.25, -0.2) is 15.0 Å². The van der Waals surface area contributed by atoms with Crippen molar-refractivity contribution in [3.05, 3.63) is 86.3 Å². The molecule has 224 valence electrons. The van der Waals surface area contributed by atoms with Crippen LogP contribution in [0.15, 0.2) is 69.3 Å². The lowest BCUT2D eigenvalue weighted by Crippen LogP contribution is -2.45. The maximum Gasteiger partial charge on any atom is 0.338 e. The number of hydrogen-bond acceptors (Lipinski definition) is 10. The molecule has 0 saturated carbocycles. The van der Waals surface area contributed by atoms with Crippen molar-refractivity contribution >= 4 is 41.4 Å². The summed E-state index contributed by atoms with van der Waals surface area (Å²) < 4.78 is 21.8. The molecular weight excluding hydrogens is 586 g/mol. The van der Waals surface area contributed by atoms with Crippen LogP contribution in [0.2, 0.25) is 5.02 Å². The number of benzene rings is 2. The molecule has 43 heavy (non-hydrogen) atoms. The second kappa shape index (κ2) is 13.5. The highest BCUT2D eigenvalue weighted by Gasteiger charge is 2.32. The number of nitro groups is 1. The molecule has 1 aliphatic rings. The summed E-state index contributed by atoms with van der Waals surface area (Å²) in [6.07, 6.45) is 1.26. The summed E-state index contributed by atoms with van der Waals surface area (Å²) >= 11 is 5.85. The summed E-state index contributed by atoms with van der Waals surface area (Å²) in [5.74, 6) is -0.0483. The van der Waals surface area contributed by atoms with Crippen molar-refractivity contribution in [2.45, 2.75) is 19.9 Å². The van der Waals surface area contributed by atoms with E-state index in [9.17, 15) is 24.5 Å². The van der Waals surface area contributed by atoms with E-state index in [4.69, 9.17) is 30.2 Å². The molecule has 0 aliphatic carbocycles. The number of rotatable bonds is 11. The highest BCUT2D eigenvalue weighted by atomic mass is 35.5. The third-order valence-corrected chi connectivity index (χ3v) is 6.40. The summed E-state index contributed by atoms with van der Waals surface area (Å²) in [7, 11) is 1.41. The quantitative estimate of drug-likeness (QED) is 0.123. The van der Waals surface area contributed by atoms with E-state index in [0.717, 1.165) is 0 Å². The third kappa shape index (κ3) is 7.29. The second-order valence-electron chi connectivity index (χ2n) is 8.91. The lowest BCUT2D eigenvalue weighted by Gasteiger charge is -2.28. The Morgan fingerprint density at radius 2 is 1.98 bits per heavy atom. The van der Waals surface area contributed by atoms with Crippen molar-refractivity contribution in [2.75, 3.05) is 20.3 Å². The van der Waals surface area contributed by atoms with Crippen LogP contribution in [0.4, 0.5) is 10.5 Å². The Morgan fingerprint density at radius 1 is 1.19 bits per heavy atom. The summed E-state index contributed by atoms with van der Waals surface area (Å²) in [4.78, 5) is 47.6. The van der Waals surface area contributed by atoms with Crippen LogP contribution >= 0.6 is 11.6 Å². The first-order chi connectivity index (χ1) is 20.6. The highest BCUT2D eigenvalue weighted by molar-refractivity contribution is 6.32. The zero-order valence-corrected chi connectivity index (χ0v) is 23.9. The number of hydrogen-bond donors (Lipinski definition) is 3. The molecule has 4 rings (SSSR count). The molecule has 0 fully saturated rings. The van der Waals surface area contributed by atoms with E-state index in [1.54, 1.807) is 50.2 Å². The van der Waals surface area contributed by atoms with Crippen LogP contribution in [-0.2, 0) is 14.3 Å². The summed E-state index contributed by atoms with van der Waals surface area (Å²) in [6, 6.07) is 10.9. The number of amides is 3. The number of ether oxygens (including phenoxy) is 3. The predicted molar refractivity (Wildman–Crippen MR) is 154 cm³/mol. The molecule has 14 nitrogen and oxygen atoms in total. The normalized spacial score (nSPS) is 14.6. The van der Waals surface area contributed by atoms with Gasteiger partial charge in [0.05, 0.1) is 36.5 Å². The third-order valence-electron chi connectivity index (χ3n) is 6.08. The molecule has 1 unspecified atom stereocenters. The molecule has 15 heteroatoms. The number of nitro benzene ring substituents is 1. The molecule has 0 spiro atoms. The maximum absolute atomic E-state index is 12.6. The van der Waals surface area contributed by atoms with Crippen molar-refractivity contribution in [3.8, 4) is 22.8 Å². The van der Waals surface area contributed by atoms with E-state index in [0.29, 0.717) is 22.6 Å². The van der Waals surface area contributed by atoms with Gasteiger partial charge in [-0.15, -0.1) is 0 Å². The van der Waals surface area contributed by atoms with Gasteiger partial charge in [-0.2, -0.15) is 5.10 Å². The number of methoxy groups -OCH3 is 1. The number of nitrogens with zero attached hydrogens (tertiary/aromatic N) is 2. The lowest BCUT2D eigenvalue weighted by molar-refractivity contribution is -0.384. The number of halogens is 1. The van der Waals surface area contributed by atoms with Crippen molar-refractivity contribution in [3.63, 3.8) is 0 Å². The Balaban J connectivity index is 1.38. The van der Waals surface area contributed by atoms with E-state index in [-0.39, 0.29) is 40.1 Å². The minimum Gasteiger partial charge on any atom is -0.493 e. The van der Waals surface area contributed by atoms with Gasteiger partial charge in [0.1, 0.15) is 16.5 Å². The largest absolute Gasteiger partial charge is 0.493 e. The van der Waals surface area contributed by atoms with Crippen LogP contribution < -0.4 is 25.5 Å². The van der Waals surface area contributed by atoms with Gasteiger partial charge in [-0.1, -0.05) is 17.7 Å². The molecular formula is C28H26ClN5O9. The Morgan fingerprint density at radius 3 is 2.70 bits per heavy atom. The number of furan rings is 1. The van der Waals surface area contributed by atoms with E-state index < -0.39 is 35.5 Å². The summed E-state index contributed by atoms with van der Waals surface area (Å²) in [5.41, 5.74) is 3.63. The van der Waals surface area contributed by atoms with Gasteiger partial charge in [0.2, 0.25) is 0 Å². The smallest absolute Gasteiger partial charge is 0.338 e. The number of carbonyl (C=O) groups excluding carboxylic acids is 3. The van der Waals surface area contributed by atoms with Crippen molar-refractivity contribution in [2.24, 2.45) is 5.10 Å². The molecule has 3 N–H and O–H groups in total. The standard InChI is InChI=1S/C28H26ClN5O9/c1-4-41-27(36)25-15(2)31-28(37)32-26(25)17-6-9-22(23(12-17)40-3)42-14-24(35)33-30-13-18-7-10-21(43-18)16-5-8-19(29)20(11-16)34(38)39/h5-13,26H,4,14H2,1-3H3,(H,33,35)(H2,31,32,37). The number of urea groups is 1. The monoisotopic (exact) mass is 611 g/mol. The average molecular weight is 612 g/mol. The Hall–Kier alpha value is -5.37. The molecule has 3 amide bonds. The van der Waals surface area contributed by atoms with Crippen molar-refractivity contribution in [1.29, 1.82) is 0 Å². The van der Waals surface area contributed by atoms with Crippen LogP contribution in [0.3, 0.4) is 0 Å². The molecule has 3 aromatic rings. The molecule has 0 bridgehead atoms. The van der Waals surface area contributed by atoms with Crippen LogP contribution in [0.25, 0.3) is 11.3 Å². The van der Waals surface area contributed by atoms with Crippen LogP contribution in [0, 0.1) is 10.1 Å². The predicted octanol–water partition coefficient (Wildman–Crippen LogP) is 4.24. The number of carbonyl (C=O) groups is 3. The van der Waals surface area contributed by atoms with Crippen molar-refractivity contribution in [1.82, 2.24) is 16.1 Å². The van der Waals surface area contributed by atoms with Gasteiger partial charge in [-0.3, -0.25) is 14.9 Å². The number of esters is 1. The zero-order valence-electron chi connectivity index (χ0n) is 23.1. The topological polar surface area (TPSA) is 184 Å². The van der Waals surface area contributed by atoms with E-state index >= 15 is 0 Å². The number of nitrogens with one attached hydrogen (secondary N) is 3. The average Bonchev–Trinajstić information content (AvgIpc) is 3.44. The Kier molecular flexibility index (Phi) is 9.62. The van der Waals surface area contributed by atoms with Crippen LogP contribution in [0.1, 0.15) is 31.2 Å². The fraction of sp³-hybridized carbons (Fsp3) is 0.214. The van der Waals surface area contributed by atoms with Gasteiger partial charge >= 0.3 is 12.0 Å². The summed E-state index contributed by atoms with van der Waals surface area (Å²) in [5, 5.41) is 20.2. The molecule has 1 aromatic heterocycles. The molecule has 0 saturated heterocycles. The fourth-order valence-electron chi connectivity index (χ4n) is 4.13. The zero-order chi connectivity index (χ0) is 31.1. The van der Waals surface area contributed by atoms with Gasteiger partial charge in [0, 0.05) is 17.3 Å². The molecule has 1 atom stereocenters. The number of hydrazone groups is 1. The van der Waals surface area contributed by atoms with Crippen LogP contribution in [0.5, 0.6) is 11.5 Å². The van der Waals surface area contributed by atoms with Gasteiger partial charge < -0.3 is 29.3 Å². The first-order valence-electron chi connectivity index (χ1n) is 12.7. The molecule has 1 aliphatic heterocycles. The van der Waals surface area contributed by atoms with Gasteiger partial charge in [-0.05, 0) is 55.8 Å². The minimum absolute atomic E-state index is 0.00577. The maximum atomic E-state index is 12.6. The second-order valence-corrected chi connectivity index (χ2v) is 9.32. The minimum atomic E-state index is -0.801. The fourth-order valence-corrected chi connectivity index (χ4v) is 4.32. The van der Waals surface area contributed by atoms with E-state index in [1.807, 2.05) is 0 Å². The first kappa shape index (κ1) is 30.6. The lowest BCUT2D eigenvalue weighted by atomic mass is 9.95. The SMILES string of the molecule is CCOC(=O)C1=C(C)NC(=O)NC1c1ccc(OCC(=O)NN=Cc2ccc(-c3ccc(Cl)c([N+](=O)[O-])c3)o2)c(OC)c1. The van der Waals surface area contributed by atoms with Crippen LogP contribution in [-0.4, -0.2) is 49.4 Å². The van der Waals surface area contributed by atoms with E-state index in [2.05, 4.69) is 21.2 Å². The first-order valence-corrected chi connectivity index (χ1v) is 13.1. The molecule has 2 aromatic carbocycles. The molecule has 2 heterocycles. The van der Waals surface area contributed by atoms with E-state index in [1.165, 1.54) is 25.5 Å². The van der Waals surface area contributed by atoms with Crippen molar-refractivity contribution < 1.29 is 37.9 Å². The van der Waals surface area contributed by atoms with Gasteiger partial charge in [0.15, 0.2) is 18.1 Å². The Labute approximate surface area is 249 Å². The molecule has 0 radical (unpaired) electrons. The highest BCUT2D eigenvalue weighted by Crippen LogP contribution is 2.35. The Bertz CT molecular complexity index is 1630.